The number of hydrogen-bond donors (Lipinski definition) is 2. The maximum absolute atomic E-state index is 12.7. The number of hydrogen-bond acceptors (Lipinski definition) is 4. The van der Waals surface area contributed by atoms with E-state index in [1.165, 1.54) is 36.4 Å². The van der Waals surface area contributed by atoms with Crippen molar-refractivity contribution in [3.63, 3.8) is 0 Å². The summed E-state index contributed by atoms with van der Waals surface area (Å²) in [5.74, 6) is -0.419. The maximum Gasteiger partial charge on any atom is 0.357 e. The van der Waals surface area contributed by atoms with Gasteiger partial charge in [-0.15, -0.1) is 0 Å². The van der Waals surface area contributed by atoms with Crippen LogP contribution in [0.2, 0.25) is 0 Å². The Morgan fingerprint density at radius 2 is 1.75 bits per heavy atom. The summed E-state index contributed by atoms with van der Waals surface area (Å²) in [6.45, 7) is 0. The van der Waals surface area contributed by atoms with Gasteiger partial charge in [0.15, 0.2) is 0 Å². The van der Waals surface area contributed by atoms with Gasteiger partial charge < -0.3 is 4.98 Å². The molecule has 7 nitrogen and oxygen atoms in total. The van der Waals surface area contributed by atoms with Crippen molar-refractivity contribution in [1.82, 2.24) is 9.97 Å². The molecule has 0 radical (unpaired) electrons. The van der Waals surface area contributed by atoms with Crippen molar-refractivity contribution in [1.29, 1.82) is 0 Å². The fourth-order valence-electron chi connectivity index (χ4n) is 1.55. The monoisotopic (exact) mass is 277 g/mol. The Kier molecular flexibility index (Phi) is 3.56. The van der Waals surface area contributed by atoms with E-state index in [4.69, 9.17) is 0 Å². The van der Waals surface area contributed by atoms with E-state index < -0.39 is 27.7 Å². The van der Waals surface area contributed by atoms with E-state index >= 15 is 0 Å². The molecule has 2 N–H and O–H groups in total. The van der Waals surface area contributed by atoms with Crippen LogP contribution in [0.25, 0.3) is 12.2 Å². The summed E-state index contributed by atoms with van der Waals surface area (Å²) in [7, 11) is 0. The number of aromatic nitrogens is 2. The average molecular weight is 277 g/mol. The second-order valence-corrected chi connectivity index (χ2v) is 3.81. The molecule has 1 heterocycles. The van der Waals surface area contributed by atoms with Gasteiger partial charge in [0.2, 0.25) is 0 Å². The van der Waals surface area contributed by atoms with Crippen LogP contribution in [0.4, 0.5) is 10.1 Å². The van der Waals surface area contributed by atoms with E-state index in [0.717, 1.165) is 0 Å². The van der Waals surface area contributed by atoms with Gasteiger partial charge in [0.1, 0.15) is 11.5 Å². The highest BCUT2D eigenvalue weighted by Crippen LogP contribution is 2.12. The van der Waals surface area contributed by atoms with Gasteiger partial charge in [-0.3, -0.25) is 19.9 Å². The zero-order chi connectivity index (χ0) is 14.7. The van der Waals surface area contributed by atoms with Crippen molar-refractivity contribution in [3.05, 3.63) is 72.3 Å². The van der Waals surface area contributed by atoms with Gasteiger partial charge in [0.05, 0.1) is 4.92 Å². The van der Waals surface area contributed by atoms with E-state index in [9.17, 15) is 24.1 Å². The molecule has 0 aliphatic rings. The fourth-order valence-corrected chi connectivity index (χ4v) is 1.55. The third-order valence-electron chi connectivity index (χ3n) is 2.44. The molecule has 102 valence electrons. The smallest absolute Gasteiger partial charge is 0.301 e. The predicted molar refractivity (Wildman–Crippen MR) is 69.7 cm³/mol. The Morgan fingerprint density at radius 1 is 1.10 bits per heavy atom. The van der Waals surface area contributed by atoms with Crippen LogP contribution in [0.1, 0.15) is 11.3 Å². The van der Waals surface area contributed by atoms with E-state index in [1.54, 1.807) is 4.98 Å². The second-order valence-electron chi connectivity index (χ2n) is 3.81. The van der Waals surface area contributed by atoms with Gasteiger partial charge in [-0.05, 0) is 23.8 Å². The van der Waals surface area contributed by atoms with Crippen molar-refractivity contribution in [2.45, 2.75) is 0 Å². The number of aromatic amines is 2. The maximum atomic E-state index is 12.7. The molecule has 0 aliphatic carbocycles. The number of halogens is 1. The lowest BCUT2D eigenvalue weighted by Crippen LogP contribution is -2.25. The summed E-state index contributed by atoms with van der Waals surface area (Å²) in [6, 6.07) is 5.33. The van der Waals surface area contributed by atoms with Gasteiger partial charge in [-0.2, -0.15) is 0 Å². The van der Waals surface area contributed by atoms with Crippen molar-refractivity contribution >= 4 is 17.8 Å². The van der Waals surface area contributed by atoms with Crippen molar-refractivity contribution < 1.29 is 9.31 Å². The lowest BCUT2D eigenvalue weighted by atomic mass is 10.2. The SMILES string of the molecule is O=c1[nH]c(/C=C/c2ccc(F)cc2)c([N+](=O)[O-])c(=O)[nH]1. The molecule has 0 amide bonds. The highest BCUT2D eigenvalue weighted by molar-refractivity contribution is 5.71. The molecule has 0 saturated carbocycles. The Labute approximate surface area is 110 Å². The first-order valence-corrected chi connectivity index (χ1v) is 5.42. The summed E-state index contributed by atoms with van der Waals surface area (Å²) in [5.41, 5.74) is -2.37. The largest absolute Gasteiger partial charge is 0.357 e. The first-order valence-electron chi connectivity index (χ1n) is 5.42. The van der Waals surface area contributed by atoms with Crippen LogP contribution in [-0.2, 0) is 0 Å². The number of nitrogens with zero attached hydrogens (tertiary/aromatic N) is 1. The van der Waals surface area contributed by atoms with Crippen LogP contribution >= 0.6 is 0 Å². The van der Waals surface area contributed by atoms with Crippen LogP contribution in [0.5, 0.6) is 0 Å². The highest BCUT2D eigenvalue weighted by atomic mass is 19.1. The molecule has 0 unspecified atom stereocenters. The third-order valence-corrected chi connectivity index (χ3v) is 2.44. The fraction of sp³-hybridized carbons (Fsp3) is 0. The van der Waals surface area contributed by atoms with E-state index in [-0.39, 0.29) is 5.69 Å². The molecule has 0 spiro atoms. The quantitative estimate of drug-likeness (QED) is 0.650. The number of H-pyrrole nitrogens is 2. The van der Waals surface area contributed by atoms with Crippen LogP contribution in [-0.4, -0.2) is 14.9 Å². The zero-order valence-corrected chi connectivity index (χ0v) is 9.92. The molecule has 1 aromatic heterocycles. The van der Waals surface area contributed by atoms with Gasteiger partial charge >= 0.3 is 16.9 Å². The van der Waals surface area contributed by atoms with Gasteiger partial charge in [-0.25, -0.2) is 9.18 Å². The Bertz CT molecular complexity index is 790. The second kappa shape index (κ2) is 5.31. The molecule has 0 atom stereocenters. The summed E-state index contributed by atoms with van der Waals surface area (Å²) in [5, 5.41) is 10.8. The molecule has 0 saturated heterocycles. The van der Waals surface area contributed by atoms with Gasteiger partial charge in [-0.1, -0.05) is 18.2 Å². The molecule has 0 aliphatic heterocycles. The van der Waals surface area contributed by atoms with Gasteiger partial charge in [0, 0.05) is 0 Å². The number of nitro groups is 1. The zero-order valence-electron chi connectivity index (χ0n) is 9.92. The Balaban J connectivity index is 2.48. The minimum atomic E-state index is -1.09. The first kappa shape index (κ1) is 13.4. The van der Waals surface area contributed by atoms with Crippen molar-refractivity contribution in [2.75, 3.05) is 0 Å². The van der Waals surface area contributed by atoms with Crippen LogP contribution in [0, 0.1) is 15.9 Å². The Morgan fingerprint density at radius 3 is 2.35 bits per heavy atom. The van der Waals surface area contributed by atoms with E-state index in [0.29, 0.717) is 5.56 Å². The minimum Gasteiger partial charge on any atom is -0.301 e. The van der Waals surface area contributed by atoms with Crippen LogP contribution < -0.4 is 11.2 Å². The first-order chi connectivity index (χ1) is 9.47. The molecular weight excluding hydrogens is 269 g/mol. The number of rotatable bonds is 3. The molecule has 8 heteroatoms. The molecule has 2 rings (SSSR count). The number of benzene rings is 1. The van der Waals surface area contributed by atoms with Crippen LogP contribution in [0.3, 0.4) is 0 Å². The summed E-state index contributed by atoms with van der Waals surface area (Å²) >= 11 is 0. The van der Waals surface area contributed by atoms with Crippen molar-refractivity contribution in [2.24, 2.45) is 0 Å². The highest BCUT2D eigenvalue weighted by Gasteiger charge is 2.18. The van der Waals surface area contributed by atoms with E-state index in [2.05, 4.69) is 4.98 Å². The topological polar surface area (TPSA) is 109 Å². The molecule has 1 aromatic carbocycles. The molecule has 0 fully saturated rings. The summed E-state index contributed by atoms with van der Waals surface area (Å²) in [6.07, 6.45) is 2.62. The molecule has 20 heavy (non-hydrogen) atoms. The summed E-state index contributed by atoms with van der Waals surface area (Å²) < 4.78 is 12.7. The van der Waals surface area contributed by atoms with Crippen LogP contribution in [0.15, 0.2) is 33.9 Å². The lowest BCUT2D eigenvalue weighted by molar-refractivity contribution is -0.386. The third kappa shape index (κ3) is 2.86. The van der Waals surface area contributed by atoms with E-state index in [1.807, 2.05) is 0 Å². The number of nitrogens with one attached hydrogen (secondary N) is 2. The van der Waals surface area contributed by atoms with Crippen molar-refractivity contribution in [3.8, 4) is 0 Å². The minimum absolute atomic E-state index is 0.229. The average Bonchev–Trinajstić information content (AvgIpc) is 2.36. The normalized spacial score (nSPS) is 10.8. The molecule has 0 bridgehead atoms. The van der Waals surface area contributed by atoms with Gasteiger partial charge in [0.25, 0.3) is 0 Å². The standard InChI is InChI=1S/C12H8FN3O4/c13-8-4-1-7(2-5-8)3-6-9-10(16(19)20)11(17)15-12(18)14-9/h1-6H,(H2,14,15,17,18)/b6-3+. The molecular formula is C12H8FN3O4. The lowest BCUT2D eigenvalue weighted by Gasteiger charge is -1.96. The summed E-state index contributed by atoms with van der Waals surface area (Å²) in [4.78, 5) is 36.3. The predicted octanol–water partition coefficient (Wildman–Crippen LogP) is 1.28. The Hall–Kier alpha value is -3.03. The molecule has 2 aromatic rings.